The Balaban J connectivity index is 1.69. The molecule has 4 aromatic rings. The number of benzene rings is 1. The Bertz CT molecular complexity index is 1160. The van der Waals surface area contributed by atoms with Crippen LogP contribution in [0.4, 0.5) is 5.82 Å². The Morgan fingerprint density at radius 1 is 1.04 bits per heavy atom. The van der Waals surface area contributed by atoms with Gasteiger partial charge in [0.15, 0.2) is 0 Å². The molecule has 4 heterocycles. The molecule has 0 saturated carbocycles. The van der Waals surface area contributed by atoms with E-state index in [0.717, 1.165) is 43.8 Å². The van der Waals surface area contributed by atoms with Crippen molar-refractivity contribution in [2.45, 2.75) is 6.54 Å². The predicted molar refractivity (Wildman–Crippen MR) is 120 cm³/mol. The molecule has 136 valence electrons. The van der Waals surface area contributed by atoms with Crippen molar-refractivity contribution < 1.29 is 0 Å². The average Bonchev–Trinajstić information content (AvgIpc) is 3.37. The third-order valence-corrected chi connectivity index (χ3v) is 6.28. The molecule has 0 bridgehead atoms. The number of anilines is 1. The molecule has 0 N–H and O–H groups in total. The molecule has 0 amide bonds. The first kappa shape index (κ1) is 17.5. The van der Waals surface area contributed by atoms with Gasteiger partial charge in [0.05, 0.1) is 22.8 Å². The molecule has 3 nitrogen and oxygen atoms in total. The minimum atomic E-state index is 0.616. The van der Waals surface area contributed by atoms with Crippen LogP contribution in [0.2, 0.25) is 5.02 Å². The summed E-state index contributed by atoms with van der Waals surface area (Å²) in [5.74, 6) is 0.838. The van der Waals surface area contributed by atoms with Crippen LogP contribution in [0.25, 0.3) is 21.7 Å². The summed E-state index contributed by atoms with van der Waals surface area (Å²) >= 11 is 13.6. The van der Waals surface area contributed by atoms with Crippen LogP contribution in [0.1, 0.15) is 11.3 Å². The molecular formula is C22H14ClN3S2. The summed E-state index contributed by atoms with van der Waals surface area (Å²) in [6.07, 6.45) is 1.78. The van der Waals surface area contributed by atoms with Crippen LogP contribution in [-0.2, 0) is 6.54 Å². The summed E-state index contributed by atoms with van der Waals surface area (Å²) in [5.41, 5.74) is 5.10. The van der Waals surface area contributed by atoms with Crippen LogP contribution in [0.15, 0.2) is 72.2 Å². The fourth-order valence-electron chi connectivity index (χ4n) is 3.41. The lowest BCUT2D eigenvalue weighted by Crippen LogP contribution is -2.23. The zero-order valence-corrected chi connectivity index (χ0v) is 17.1. The van der Waals surface area contributed by atoms with Crippen LogP contribution >= 0.6 is 35.2 Å². The molecule has 1 aromatic carbocycles. The van der Waals surface area contributed by atoms with Crippen molar-refractivity contribution in [1.29, 1.82) is 0 Å². The topological polar surface area (TPSA) is 29.0 Å². The fourth-order valence-corrected chi connectivity index (χ4v) is 4.61. The van der Waals surface area contributed by atoms with Crippen LogP contribution in [0, 0.1) is 0 Å². The number of thiophene rings is 1. The fraction of sp³-hybridized carbons (Fsp3) is 0.0455. The van der Waals surface area contributed by atoms with Crippen LogP contribution in [-0.4, -0.2) is 15.0 Å². The molecule has 0 fully saturated rings. The number of hydrogen-bond acceptors (Lipinski definition) is 4. The van der Waals surface area contributed by atoms with E-state index in [1.165, 1.54) is 0 Å². The van der Waals surface area contributed by atoms with Crippen molar-refractivity contribution in [3.05, 3.63) is 88.5 Å². The van der Waals surface area contributed by atoms with Crippen molar-refractivity contribution in [2.24, 2.45) is 0 Å². The van der Waals surface area contributed by atoms with Crippen molar-refractivity contribution >= 4 is 46.0 Å². The molecule has 0 aliphatic carbocycles. The van der Waals surface area contributed by atoms with E-state index in [9.17, 15) is 0 Å². The molecule has 6 heteroatoms. The van der Waals surface area contributed by atoms with Gasteiger partial charge in [-0.2, -0.15) is 0 Å². The van der Waals surface area contributed by atoms with E-state index in [2.05, 4.69) is 22.5 Å². The van der Waals surface area contributed by atoms with Gasteiger partial charge in [-0.25, -0.2) is 9.97 Å². The van der Waals surface area contributed by atoms with E-state index in [0.29, 0.717) is 11.6 Å². The summed E-state index contributed by atoms with van der Waals surface area (Å²) in [4.78, 5) is 13.4. The number of pyridine rings is 2. The molecule has 28 heavy (non-hydrogen) atoms. The summed E-state index contributed by atoms with van der Waals surface area (Å²) in [5, 5.41) is 2.78. The standard InChI is InChI=1S/C22H14ClN3S2/c23-15-8-6-14(7-9-15)16-12-17(19-4-3-11-28-19)25-18-13-26(22(27)21(16)18)20-5-1-2-10-24-20/h1-12H,13H2. The van der Waals surface area contributed by atoms with E-state index in [4.69, 9.17) is 28.8 Å². The summed E-state index contributed by atoms with van der Waals surface area (Å²) in [7, 11) is 0. The normalized spacial score (nSPS) is 13.0. The molecular weight excluding hydrogens is 406 g/mol. The highest BCUT2D eigenvalue weighted by Crippen LogP contribution is 2.38. The lowest BCUT2D eigenvalue weighted by atomic mass is 9.98. The van der Waals surface area contributed by atoms with Crippen LogP contribution < -0.4 is 4.90 Å². The third kappa shape index (κ3) is 3.02. The maximum atomic E-state index is 6.11. The Labute approximate surface area is 177 Å². The van der Waals surface area contributed by atoms with E-state index in [1.807, 2.05) is 53.4 Å². The summed E-state index contributed by atoms with van der Waals surface area (Å²) in [6, 6.07) is 20.0. The number of hydrogen-bond donors (Lipinski definition) is 0. The van der Waals surface area contributed by atoms with Gasteiger partial charge < -0.3 is 4.90 Å². The average molecular weight is 420 g/mol. The number of aromatic nitrogens is 2. The van der Waals surface area contributed by atoms with E-state index < -0.39 is 0 Å². The van der Waals surface area contributed by atoms with Crippen molar-refractivity contribution in [3.8, 4) is 21.7 Å². The second-order valence-corrected chi connectivity index (χ2v) is 8.21. The van der Waals surface area contributed by atoms with Crippen LogP contribution in [0.5, 0.6) is 0 Å². The number of halogens is 1. The zero-order valence-electron chi connectivity index (χ0n) is 14.7. The van der Waals surface area contributed by atoms with Gasteiger partial charge in [-0.3, -0.25) is 0 Å². The largest absolute Gasteiger partial charge is 0.311 e. The molecule has 0 saturated heterocycles. The number of nitrogens with zero attached hydrogens (tertiary/aromatic N) is 3. The first-order valence-corrected chi connectivity index (χ1v) is 10.4. The zero-order chi connectivity index (χ0) is 19.1. The predicted octanol–water partition coefficient (Wildman–Crippen LogP) is 6.22. The molecule has 0 radical (unpaired) electrons. The van der Waals surface area contributed by atoms with Gasteiger partial charge in [0, 0.05) is 16.8 Å². The first-order valence-electron chi connectivity index (χ1n) is 8.77. The van der Waals surface area contributed by atoms with Gasteiger partial charge >= 0.3 is 0 Å². The lowest BCUT2D eigenvalue weighted by molar-refractivity contribution is 0.978. The Kier molecular flexibility index (Phi) is 4.43. The van der Waals surface area contributed by atoms with Gasteiger partial charge in [0.1, 0.15) is 10.8 Å². The highest BCUT2D eigenvalue weighted by Gasteiger charge is 2.31. The first-order chi connectivity index (χ1) is 13.7. The van der Waals surface area contributed by atoms with E-state index in [-0.39, 0.29) is 0 Å². The molecule has 3 aromatic heterocycles. The molecule has 0 spiro atoms. The molecule has 0 atom stereocenters. The second kappa shape index (κ2) is 7.09. The van der Waals surface area contributed by atoms with Crippen molar-refractivity contribution in [3.63, 3.8) is 0 Å². The highest BCUT2D eigenvalue weighted by atomic mass is 35.5. The van der Waals surface area contributed by atoms with Gasteiger partial charge in [-0.05, 0) is 52.9 Å². The lowest BCUT2D eigenvalue weighted by Gasteiger charge is -2.16. The highest BCUT2D eigenvalue weighted by molar-refractivity contribution is 7.81. The maximum Gasteiger partial charge on any atom is 0.133 e. The number of fused-ring (bicyclic) bond motifs is 1. The SMILES string of the molecule is S=C1c2c(-c3ccc(Cl)cc3)cc(-c3cccs3)nc2CN1c1ccccn1. The van der Waals surface area contributed by atoms with E-state index in [1.54, 1.807) is 17.5 Å². The number of rotatable bonds is 3. The van der Waals surface area contributed by atoms with Gasteiger partial charge in [-0.15, -0.1) is 11.3 Å². The number of thiocarbonyl (C=S) groups is 1. The molecule has 1 aliphatic rings. The van der Waals surface area contributed by atoms with Crippen LogP contribution in [0.3, 0.4) is 0 Å². The molecule has 0 unspecified atom stereocenters. The third-order valence-electron chi connectivity index (χ3n) is 4.72. The van der Waals surface area contributed by atoms with Gasteiger partial charge in [-0.1, -0.05) is 48.1 Å². The van der Waals surface area contributed by atoms with E-state index >= 15 is 0 Å². The molecule has 1 aliphatic heterocycles. The minimum Gasteiger partial charge on any atom is -0.311 e. The smallest absolute Gasteiger partial charge is 0.133 e. The van der Waals surface area contributed by atoms with Crippen molar-refractivity contribution in [1.82, 2.24) is 9.97 Å². The van der Waals surface area contributed by atoms with Gasteiger partial charge in [0.2, 0.25) is 0 Å². The van der Waals surface area contributed by atoms with Gasteiger partial charge in [0.25, 0.3) is 0 Å². The quantitative estimate of drug-likeness (QED) is 0.368. The Morgan fingerprint density at radius 3 is 2.61 bits per heavy atom. The molecule has 5 rings (SSSR count). The maximum absolute atomic E-state index is 6.11. The Morgan fingerprint density at radius 2 is 1.89 bits per heavy atom. The summed E-state index contributed by atoms with van der Waals surface area (Å²) in [6.45, 7) is 0.616. The minimum absolute atomic E-state index is 0.616. The monoisotopic (exact) mass is 419 g/mol. The Hall–Kier alpha value is -2.60. The second-order valence-electron chi connectivity index (χ2n) is 6.44. The summed E-state index contributed by atoms with van der Waals surface area (Å²) < 4.78 is 0. The van der Waals surface area contributed by atoms with Crippen molar-refractivity contribution in [2.75, 3.05) is 4.90 Å².